The lowest BCUT2D eigenvalue weighted by atomic mass is 9.96. The lowest BCUT2D eigenvalue weighted by Crippen LogP contribution is -2.46. The Morgan fingerprint density at radius 3 is 2.58 bits per heavy atom. The first-order valence-corrected chi connectivity index (χ1v) is 9.43. The van der Waals surface area contributed by atoms with Gasteiger partial charge in [0.05, 0.1) is 0 Å². The van der Waals surface area contributed by atoms with Crippen molar-refractivity contribution in [3.05, 3.63) is 28.3 Å². The van der Waals surface area contributed by atoms with Gasteiger partial charge in [-0.3, -0.25) is 14.5 Å². The smallest absolute Gasteiger partial charge is 0.324 e. The molecule has 1 saturated carbocycles. The number of carbonyl (C=O) groups is 3. The van der Waals surface area contributed by atoms with E-state index in [1.165, 1.54) is 0 Å². The molecule has 0 aromatic heterocycles. The molecule has 1 aromatic rings. The average Bonchev–Trinajstić information content (AvgIpc) is 3.42. The molecule has 7 heteroatoms. The SMILES string of the molecule is CCc1ccc(Cl)c(CC)c1NC(=O)CN1C(=O)NC(C)(C2CC2)C1=O. The van der Waals surface area contributed by atoms with E-state index in [9.17, 15) is 14.4 Å². The van der Waals surface area contributed by atoms with Crippen LogP contribution in [0.3, 0.4) is 0 Å². The molecule has 1 heterocycles. The van der Waals surface area contributed by atoms with Crippen molar-refractivity contribution >= 4 is 35.1 Å². The number of hydrogen-bond donors (Lipinski definition) is 2. The molecule has 3 rings (SSSR count). The highest BCUT2D eigenvalue weighted by Gasteiger charge is 2.56. The molecule has 1 aliphatic carbocycles. The van der Waals surface area contributed by atoms with Crippen LogP contribution in [0.4, 0.5) is 10.5 Å². The molecule has 2 aliphatic rings. The van der Waals surface area contributed by atoms with Gasteiger partial charge in [-0.25, -0.2) is 4.79 Å². The van der Waals surface area contributed by atoms with Crippen LogP contribution in [0.2, 0.25) is 5.02 Å². The molecule has 1 atom stereocenters. The maximum atomic E-state index is 12.6. The summed E-state index contributed by atoms with van der Waals surface area (Å²) in [5.74, 6) is -0.559. The van der Waals surface area contributed by atoms with E-state index in [0.29, 0.717) is 17.1 Å². The second kappa shape index (κ2) is 6.91. The molecule has 2 N–H and O–H groups in total. The van der Waals surface area contributed by atoms with Gasteiger partial charge in [-0.1, -0.05) is 31.5 Å². The Labute approximate surface area is 158 Å². The van der Waals surface area contributed by atoms with Crippen molar-refractivity contribution in [2.24, 2.45) is 5.92 Å². The number of hydrogen-bond acceptors (Lipinski definition) is 3. The first kappa shape index (κ1) is 18.7. The zero-order valence-corrected chi connectivity index (χ0v) is 16.1. The highest BCUT2D eigenvalue weighted by molar-refractivity contribution is 6.32. The summed E-state index contributed by atoms with van der Waals surface area (Å²) < 4.78 is 0. The van der Waals surface area contributed by atoms with E-state index in [1.807, 2.05) is 26.0 Å². The molecule has 2 fully saturated rings. The quantitative estimate of drug-likeness (QED) is 0.747. The van der Waals surface area contributed by atoms with Gasteiger partial charge in [0.25, 0.3) is 5.91 Å². The van der Waals surface area contributed by atoms with Gasteiger partial charge in [0.1, 0.15) is 12.1 Å². The first-order valence-electron chi connectivity index (χ1n) is 9.06. The number of aryl methyl sites for hydroxylation is 1. The average molecular weight is 378 g/mol. The summed E-state index contributed by atoms with van der Waals surface area (Å²) in [5, 5.41) is 6.21. The zero-order valence-electron chi connectivity index (χ0n) is 15.3. The van der Waals surface area contributed by atoms with Crippen molar-refractivity contribution in [3.63, 3.8) is 0 Å². The number of nitrogens with one attached hydrogen (secondary N) is 2. The third-order valence-corrected chi connectivity index (χ3v) is 5.69. The minimum Gasteiger partial charge on any atom is -0.324 e. The Kier molecular flexibility index (Phi) is 4.97. The van der Waals surface area contributed by atoms with Gasteiger partial charge in [-0.05, 0) is 55.7 Å². The predicted octanol–water partition coefficient (Wildman–Crippen LogP) is 3.12. The van der Waals surface area contributed by atoms with Crippen LogP contribution < -0.4 is 10.6 Å². The fraction of sp³-hybridized carbons (Fsp3) is 0.526. The normalized spacial score (nSPS) is 22.5. The van der Waals surface area contributed by atoms with Gasteiger partial charge in [-0.2, -0.15) is 0 Å². The first-order chi connectivity index (χ1) is 12.3. The summed E-state index contributed by atoms with van der Waals surface area (Å²) in [6, 6.07) is 3.21. The van der Waals surface area contributed by atoms with Gasteiger partial charge in [0.2, 0.25) is 5.91 Å². The monoisotopic (exact) mass is 377 g/mol. The minimum atomic E-state index is -0.878. The number of amides is 4. The second-order valence-electron chi connectivity index (χ2n) is 7.11. The number of halogens is 1. The Balaban J connectivity index is 1.77. The number of nitrogens with zero attached hydrogens (tertiary/aromatic N) is 1. The van der Waals surface area contributed by atoms with Crippen LogP contribution in [0.5, 0.6) is 0 Å². The third-order valence-electron chi connectivity index (χ3n) is 5.34. The van der Waals surface area contributed by atoms with Gasteiger partial charge < -0.3 is 10.6 Å². The summed E-state index contributed by atoms with van der Waals surface area (Å²) >= 11 is 6.26. The number of urea groups is 1. The molecule has 1 unspecified atom stereocenters. The maximum Gasteiger partial charge on any atom is 0.325 e. The molecular formula is C19H24ClN3O3. The molecule has 0 spiro atoms. The van der Waals surface area contributed by atoms with Crippen LogP contribution in [0.15, 0.2) is 12.1 Å². The summed E-state index contributed by atoms with van der Waals surface area (Å²) in [7, 11) is 0. The summed E-state index contributed by atoms with van der Waals surface area (Å²) in [5.41, 5.74) is 1.64. The number of imide groups is 1. The lowest BCUT2D eigenvalue weighted by molar-refractivity contribution is -0.134. The van der Waals surface area contributed by atoms with Crippen LogP contribution >= 0.6 is 11.6 Å². The Morgan fingerprint density at radius 2 is 2.00 bits per heavy atom. The fourth-order valence-electron chi connectivity index (χ4n) is 3.59. The van der Waals surface area contributed by atoms with Crippen LogP contribution in [0.1, 0.15) is 44.7 Å². The third kappa shape index (κ3) is 3.18. The molecule has 0 bridgehead atoms. The predicted molar refractivity (Wildman–Crippen MR) is 100 cm³/mol. The van der Waals surface area contributed by atoms with Gasteiger partial charge in [0.15, 0.2) is 0 Å². The van der Waals surface area contributed by atoms with Crippen molar-refractivity contribution in [1.29, 1.82) is 0 Å². The molecule has 1 saturated heterocycles. The molecule has 6 nitrogen and oxygen atoms in total. The summed E-state index contributed by atoms with van der Waals surface area (Å²) in [4.78, 5) is 38.4. The minimum absolute atomic E-state index is 0.165. The molecular weight excluding hydrogens is 354 g/mol. The van der Waals surface area contributed by atoms with Gasteiger partial charge in [-0.15, -0.1) is 0 Å². The largest absolute Gasteiger partial charge is 0.325 e. The maximum absolute atomic E-state index is 12.6. The Bertz CT molecular complexity index is 776. The van der Waals surface area contributed by atoms with Gasteiger partial charge >= 0.3 is 6.03 Å². The standard InChI is InChI=1S/C19H24ClN3O3/c1-4-11-6-9-14(20)13(5-2)16(11)21-15(24)10-23-17(25)19(3,12-7-8-12)22-18(23)26/h6,9,12H,4-5,7-8,10H2,1-3H3,(H,21,24)(H,22,26). The van der Waals surface area contributed by atoms with Gasteiger partial charge in [0, 0.05) is 10.7 Å². The highest BCUT2D eigenvalue weighted by Crippen LogP contribution is 2.42. The Morgan fingerprint density at radius 1 is 1.31 bits per heavy atom. The molecule has 0 radical (unpaired) electrons. The van der Waals surface area contributed by atoms with E-state index in [1.54, 1.807) is 6.92 Å². The lowest BCUT2D eigenvalue weighted by Gasteiger charge is -2.21. The highest BCUT2D eigenvalue weighted by atomic mass is 35.5. The number of rotatable bonds is 6. The summed E-state index contributed by atoms with van der Waals surface area (Å²) in [6.07, 6.45) is 3.25. The van der Waals surface area contributed by atoms with E-state index < -0.39 is 17.5 Å². The van der Waals surface area contributed by atoms with E-state index in [2.05, 4.69) is 10.6 Å². The topological polar surface area (TPSA) is 78.5 Å². The second-order valence-corrected chi connectivity index (χ2v) is 7.52. The van der Waals surface area contributed by atoms with Crippen LogP contribution in [0, 0.1) is 5.92 Å². The van der Waals surface area contributed by atoms with Crippen LogP contribution in [-0.4, -0.2) is 34.8 Å². The summed E-state index contributed by atoms with van der Waals surface area (Å²) in [6.45, 7) is 5.40. The number of anilines is 1. The van der Waals surface area contributed by atoms with E-state index in [4.69, 9.17) is 11.6 Å². The molecule has 1 aliphatic heterocycles. The van der Waals surface area contributed by atoms with Crippen LogP contribution in [-0.2, 0) is 22.4 Å². The van der Waals surface area contributed by atoms with Crippen LogP contribution in [0.25, 0.3) is 0 Å². The van der Waals surface area contributed by atoms with Crippen molar-refractivity contribution in [3.8, 4) is 0 Å². The van der Waals surface area contributed by atoms with E-state index in [-0.39, 0.29) is 18.4 Å². The molecule has 4 amide bonds. The number of carbonyl (C=O) groups excluding carboxylic acids is 3. The van der Waals surface area contributed by atoms with E-state index in [0.717, 1.165) is 35.3 Å². The van der Waals surface area contributed by atoms with Crippen molar-refractivity contribution in [2.45, 2.75) is 52.0 Å². The Hall–Kier alpha value is -2.08. The fourth-order valence-corrected chi connectivity index (χ4v) is 3.88. The molecule has 1 aromatic carbocycles. The van der Waals surface area contributed by atoms with Crippen molar-refractivity contribution < 1.29 is 14.4 Å². The van der Waals surface area contributed by atoms with Crippen molar-refractivity contribution in [1.82, 2.24) is 10.2 Å². The molecule has 26 heavy (non-hydrogen) atoms. The van der Waals surface area contributed by atoms with E-state index >= 15 is 0 Å². The molecule has 140 valence electrons. The number of benzene rings is 1. The van der Waals surface area contributed by atoms with Crippen molar-refractivity contribution in [2.75, 3.05) is 11.9 Å². The zero-order chi connectivity index (χ0) is 19.1.